The monoisotopic (exact) mass is 434 g/mol. The first-order chi connectivity index (χ1) is 13.5. The number of nitrogens with zero attached hydrogens (tertiary/aromatic N) is 2. The van der Waals surface area contributed by atoms with Crippen molar-refractivity contribution in [1.29, 1.82) is 0 Å². The summed E-state index contributed by atoms with van der Waals surface area (Å²) in [4.78, 5) is 14.5. The number of hydrogen-bond acceptors (Lipinski definition) is 4. The summed E-state index contributed by atoms with van der Waals surface area (Å²) in [6.07, 6.45) is 2.58. The first-order valence-corrected chi connectivity index (χ1v) is 10.6. The number of piperidine rings is 1. The fraction of sp³-hybridized carbons (Fsp3) is 0.300. The minimum atomic E-state index is -0.0674. The summed E-state index contributed by atoms with van der Waals surface area (Å²) in [5.41, 5.74) is 2.02. The third-order valence-corrected chi connectivity index (χ3v) is 6.67. The maximum atomic E-state index is 12.9. The highest BCUT2D eigenvalue weighted by molar-refractivity contribution is 7.17. The van der Waals surface area contributed by atoms with Crippen LogP contribution in [0.15, 0.2) is 42.6 Å². The van der Waals surface area contributed by atoms with Crippen LogP contribution in [0.1, 0.15) is 27.6 Å². The second kappa shape index (κ2) is 8.25. The van der Waals surface area contributed by atoms with E-state index in [1.54, 1.807) is 10.9 Å². The van der Waals surface area contributed by atoms with Crippen molar-refractivity contribution in [2.24, 2.45) is 7.05 Å². The average molecular weight is 435 g/mol. The van der Waals surface area contributed by atoms with Gasteiger partial charge in [0.2, 0.25) is 0 Å². The molecule has 3 aromatic rings. The molecule has 4 rings (SSSR count). The Hall–Kier alpha value is -1.86. The molecule has 8 heteroatoms. The molecule has 2 N–H and O–H groups in total. The van der Waals surface area contributed by atoms with Gasteiger partial charge in [0, 0.05) is 30.6 Å². The molecule has 28 heavy (non-hydrogen) atoms. The maximum Gasteiger partial charge on any atom is 0.261 e. The molecule has 2 aromatic heterocycles. The number of carbonyl (C=O) groups excluding carboxylic acids is 1. The highest BCUT2D eigenvalue weighted by Gasteiger charge is 2.28. The highest BCUT2D eigenvalue weighted by atomic mass is 35.5. The first kappa shape index (κ1) is 19.5. The molecular formula is C20H20Cl2N4OS. The molecular weight excluding hydrogens is 415 g/mol. The van der Waals surface area contributed by atoms with Gasteiger partial charge in [-0.15, -0.1) is 11.3 Å². The molecule has 1 aliphatic rings. The average Bonchev–Trinajstić information content (AvgIpc) is 3.29. The van der Waals surface area contributed by atoms with Crippen molar-refractivity contribution in [2.45, 2.75) is 18.4 Å². The summed E-state index contributed by atoms with van der Waals surface area (Å²) in [7, 11) is 1.84. The number of aryl methyl sites for hydroxylation is 1. The molecule has 1 amide bonds. The van der Waals surface area contributed by atoms with Gasteiger partial charge in [-0.25, -0.2) is 0 Å². The third-order valence-electron chi connectivity index (χ3n) is 5.05. The Labute approximate surface area is 177 Å². The lowest BCUT2D eigenvalue weighted by Gasteiger charge is -2.33. The van der Waals surface area contributed by atoms with Gasteiger partial charge in [-0.05, 0) is 42.8 Å². The largest absolute Gasteiger partial charge is 0.347 e. The molecule has 1 saturated heterocycles. The highest BCUT2D eigenvalue weighted by Crippen LogP contribution is 2.33. The van der Waals surface area contributed by atoms with Gasteiger partial charge in [-0.1, -0.05) is 35.3 Å². The van der Waals surface area contributed by atoms with E-state index < -0.39 is 0 Å². The third kappa shape index (κ3) is 3.96. The van der Waals surface area contributed by atoms with Gasteiger partial charge in [0.05, 0.1) is 26.7 Å². The quantitative estimate of drug-likeness (QED) is 0.642. The number of nitrogens with one attached hydrogen (secondary N) is 2. The molecule has 2 atom stereocenters. The zero-order valence-corrected chi connectivity index (χ0v) is 17.6. The second-order valence-electron chi connectivity index (χ2n) is 6.86. The first-order valence-electron chi connectivity index (χ1n) is 9.07. The van der Waals surface area contributed by atoms with Crippen LogP contribution in [0, 0.1) is 0 Å². The molecule has 1 fully saturated rings. The minimum absolute atomic E-state index is 0.0215. The lowest BCUT2D eigenvalue weighted by molar-refractivity contribution is 0.0928. The summed E-state index contributed by atoms with van der Waals surface area (Å²) < 4.78 is 1.72. The molecule has 0 spiro atoms. The molecule has 0 aliphatic carbocycles. The number of amides is 1. The van der Waals surface area contributed by atoms with Crippen molar-refractivity contribution < 1.29 is 4.79 Å². The summed E-state index contributed by atoms with van der Waals surface area (Å²) in [6.45, 7) is 1.67. The maximum absolute atomic E-state index is 12.9. The van der Waals surface area contributed by atoms with Crippen LogP contribution < -0.4 is 10.6 Å². The van der Waals surface area contributed by atoms with Gasteiger partial charge >= 0.3 is 0 Å². The number of halogens is 2. The van der Waals surface area contributed by atoms with Crippen LogP contribution >= 0.6 is 34.5 Å². The van der Waals surface area contributed by atoms with Gasteiger partial charge in [0.25, 0.3) is 5.91 Å². The normalized spacial score (nSPS) is 19.5. The van der Waals surface area contributed by atoms with Crippen LogP contribution in [0.25, 0.3) is 10.6 Å². The van der Waals surface area contributed by atoms with E-state index in [0.29, 0.717) is 9.90 Å². The van der Waals surface area contributed by atoms with E-state index in [1.807, 2.05) is 43.4 Å². The van der Waals surface area contributed by atoms with Crippen LogP contribution in [0.4, 0.5) is 0 Å². The number of aromatic nitrogens is 2. The van der Waals surface area contributed by atoms with E-state index in [0.717, 1.165) is 35.1 Å². The Kier molecular flexibility index (Phi) is 5.73. The van der Waals surface area contributed by atoms with Crippen LogP contribution in [-0.4, -0.2) is 34.8 Å². The van der Waals surface area contributed by atoms with Crippen molar-refractivity contribution in [3.8, 4) is 10.6 Å². The molecule has 0 saturated carbocycles. The lowest BCUT2D eigenvalue weighted by atomic mass is 9.86. The Bertz CT molecular complexity index is 963. The number of benzene rings is 1. The predicted molar refractivity (Wildman–Crippen MR) is 114 cm³/mol. The van der Waals surface area contributed by atoms with Crippen molar-refractivity contribution in [1.82, 2.24) is 20.4 Å². The van der Waals surface area contributed by atoms with Crippen LogP contribution in [0.5, 0.6) is 0 Å². The molecule has 0 radical (unpaired) electrons. The van der Waals surface area contributed by atoms with Gasteiger partial charge in [0.1, 0.15) is 0 Å². The second-order valence-corrected chi connectivity index (χ2v) is 8.79. The zero-order valence-electron chi connectivity index (χ0n) is 15.3. The predicted octanol–water partition coefficient (Wildman–Crippen LogP) is 4.33. The zero-order chi connectivity index (χ0) is 19.7. The van der Waals surface area contributed by atoms with Gasteiger partial charge in [-0.2, -0.15) is 5.10 Å². The Morgan fingerprint density at radius 3 is 2.75 bits per heavy atom. The lowest BCUT2D eigenvalue weighted by Crippen LogP contribution is -2.49. The standard InChI is InChI=1S/C20H20Cl2N4OS/c1-26-19(15(22)10-24-26)17-6-7-18(28-17)20(27)25-16-11-23-9-8-14(16)12-2-4-13(21)5-3-12/h2-7,10,14,16,23H,8-9,11H2,1H3,(H,25,27)/t14-,16+/m0/s1. The van der Waals surface area contributed by atoms with Crippen molar-refractivity contribution >= 4 is 40.4 Å². The SMILES string of the molecule is Cn1ncc(Cl)c1-c1ccc(C(=O)N[C@@H]2CNCC[C@H]2c2ccc(Cl)cc2)s1. The smallest absolute Gasteiger partial charge is 0.261 e. The number of carbonyl (C=O) groups is 1. The van der Waals surface area contributed by atoms with Gasteiger partial charge in [0.15, 0.2) is 0 Å². The fourth-order valence-corrected chi connectivity index (χ4v) is 5.08. The summed E-state index contributed by atoms with van der Waals surface area (Å²) in [5, 5.41) is 12.0. The molecule has 3 heterocycles. The van der Waals surface area contributed by atoms with E-state index in [2.05, 4.69) is 15.7 Å². The molecule has 0 unspecified atom stereocenters. The summed E-state index contributed by atoms with van der Waals surface area (Å²) in [5.74, 6) is 0.190. The van der Waals surface area contributed by atoms with Crippen molar-refractivity contribution in [3.05, 3.63) is 63.1 Å². The summed E-state index contributed by atoms with van der Waals surface area (Å²) >= 11 is 13.7. The van der Waals surface area contributed by atoms with Crippen molar-refractivity contribution in [3.63, 3.8) is 0 Å². The number of thiophene rings is 1. The molecule has 5 nitrogen and oxygen atoms in total. The minimum Gasteiger partial charge on any atom is -0.347 e. The van der Waals surface area contributed by atoms with E-state index in [-0.39, 0.29) is 17.9 Å². The Morgan fingerprint density at radius 1 is 1.25 bits per heavy atom. The van der Waals surface area contributed by atoms with E-state index >= 15 is 0 Å². The van der Waals surface area contributed by atoms with Crippen LogP contribution in [0.2, 0.25) is 10.0 Å². The molecule has 0 bridgehead atoms. The van der Waals surface area contributed by atoms with E-state index in [9.17, 15) is 4.79 Å². The van der Waals surface area contributed by atoms with E-state index in [4.69, 9.17) is 23.2 Å². The van der Waals surface area contributed by atoms with Gasteiger partial charge < -0.3 is 10.6 Å². The summed E-state index contributed by atoms with van der Waals surface area (Å²) in [6, 6.07) is 11.7. The van der Waals surface area contributed by atoms with Crippen LogP contribution in [0.3, 0.4) is 0 Å². The van der Waals surface area contributed by atoms with Crippen molar-refractivity contribution in [2.75, 3.05) is 13.1 Å². The topological polar surface area (TPSA) is 59.0 Å². The number of hydrogen-bond donors (Lipinski definition) is 2. The Balaban J connectivity index is 1.51. The molecule has 1 aromatic carbocycles. The Morgan fingerprint density at radius 2 is 2.04 bits per heavy atom. The van der Waals surface area contributed by atoms with Crippen LogP contribution in [-0.2, 0) is 7.05 Å². The van der Waals surface area contributed by atoms with E-state index in [1.165, 1.54) is 16.9 Å². The molecule has 146 valence electrons. The molecule has 1 aliphatic heterocycles. The fourth-order valence-electron chi connectivity index (χ4n) is 3.63. The van der Waals surface area contributed by atoms with Gasteiger partial charge in [-0.3, -0.25) is 9.48 Å². The number of rotatable bonds is 4.